The lowest BCUT2D eigenvalue weighted by Crippen LogP contribution is -2.22. The zero-order valence-corrected chi connectivity index (χ0v) is 15.5. The van der Waals surface area contributed by atoms with Crippen LogP contribution in [0.2, 0.25) is 0 Å². The van der Waals surface area contributed by atoms with Gasteiger partial charge in [0.25, 0.3) is 5.91 Å². The van der Waals surface area contributed by atoms with Crippen LogP contribution in [0.15, 0.2) is 97.1 Å². The van der Waals surface area contributed by atoms with E-state index >= 15 is 0 Å². The van der Waals surface area contributed by atoms with E-state index < -0.39 is 0 Å². The molecule has 0 saturated heterocycles. The molecule has 3 heteroatoms. The Morgan fingerprint density at radius 2 is 1.50 bits per heavy atom. The second-order valence-electron chi connectivity index (χ2n) is 6.67. The third-order valence-corrected chi connectivity index (χ3v) is 4.61. The van der Waals surface area contributed by atoms with Crippen molar-refractivity contribution < 1.29 is 9.53 Å². The van der Waals surface area contributed by atoms with Gasteiger partial charge in [0.15, 0.2) is 0 Å². The largest absolute Gasteiger partial charge is 0.489 e. The van der Waals surface area contributed by atoms with Crippen LogP contribution in [0, 0.1) is 0 Å². The van der Waals surface area contributed by atoms with Crippen LogP contribution >= 0.6 is 0 Å². The first kappa shape index (κ1) is 17.8. The highest BCUT2D eigenvalue weighted by Gasteiger charge is 2.07. The molecule has 0 radical (unpaired) electrons. The molecule has 3 nitrogen and oxygen atoms in total. The monoisotopic (exact) mass is 367 g/mol. The molecule has 4 aromatic rings. The van der Waals surface area contributed by atoms with Crippen LogP contribution in [0.5, 0.6) is 5.75 Å². The molecule has 0 aliphatic rings. The van der Waals surface area contributed by atoms with Gasteiger partial charge in [-0.3, -0.25) is 4.79 Å². The number of ether oxygens (including phenoxy) is 1. The predicted molar refractivity (Wildman–Crippen MR) is 112 cm³/mol. The third kappa shape index (κ3) is 4.38. The lowest BCUT2D eigenvalue weighted by atomic mass is 10.1. The van der Waals surface area contributed by atoms with Crippen LogP contribution in [0.4, 0.5) is 0 Å². The van der Waals surface area contributed by atoms with Gasteiger partial charge in [0.1, 0.15) is 12.4 Å². The molecule has 0 fully saturated rings. The van der Waals surface area contributed by atoms with Crippen molar-refractivity contribution in [3.8, 4) is 5.75 Å². The molecule has 0 bridgehead atoms. The maximum Gasteiger partial charge on any atom is 0.251 e. The lowest BCUT2D eigenvalue weighted by Gasteiger charge is -2.09. The molecule has 0 atom stereocenters. The van der Waals surface area contributed by atoms with Gasteiger partial charge in [-0.25, -0.2) is 0 Å². The number of carbonyl (C=O) groups is 1. The number of carbonyl (C=O) groups excluding carboxylic acids is 1. The molecule has 0 aromatic heterocycles. The van der Waals surface area contributed by atoms with Crippen LogP contribution in [0.25, 0.3) is 10.8 Å². The standard InChI is InChI=1S/C25H21NO2/c27-25(26-17-20-13-14-21-9-4-5-10-22(21)15-20)23-11-6-12-24(16-23)28-18-19-7-2-1-3-8-19/h1-16H,17-18H2,(H,26,27). The third-order valence-electron chi connectivity index (χ3n) is 4.61. The van der Waals surface area contributed by atoms with Crippen LogP contribution in [-0.2, 0) is 13.2 Å². The van der Waals surface area contributed by atoms with E-state index in [4.69, 9.17) is 4.74 Å². The molecular weight excluding hydrogens is 346 g/mol. The smallest absolute Gasteiger partial charge is 0.251 e. The first-order valence-electron chi connectivity index (χ1n) is 9.31. The van der Waals surface area contributed by atoms with Crippen LogP contribution in [0.1, 0.15) is 21.5 Å². The number of nitrogens with one attached hydrogen (secondary N) is 1. The average molecular weight is 367 g/mol. The summed E-state index contributed by atoms with van der Waals surface area (Å²) in [7, 11) is 0. The van der Waals surface area contributed by atoms with Gasteiger partial charge < -0.3 is 10.1 Å². The second kappa shape index (κ2) is 8.40. The molecule has 0 unspecified atom stereocenters. The molecule has 138 valence electrons. The van der Waals surface area contributed by atoms with Crippen molar-refractivity contribution in [1.82, 2.24) is 5.32 Å². The Balaban J connectivity index is 1.38. The number of benzene rings is 4. The number of hydrogen-bond acceptors (Lipinski definition) is 2. The van der Waals surface area contributed by atoms with Crippen LogP contribution < -0.4 is 10.1 Å². The normalized spacial score (nSPS) is 10.6. The van der Waals surface area contributed by atoms with Crippen LogP contribution in [0.3, 0.4) is 0 Å². The zero-order valence-electron chi connectivity index (χ0n) is 15.5. The molecular formula is C25H21NO2. The number of rotatable bonds is 6. The van der Waals surface area contributed by atoms with Gasteiger partial charge in [0.05, 0.1) is 0 Å². The fourth-order valence-corrected chi connectivity index (χ4v) is 3.10. The maximum atomic E-state index is 12.5. The van der Waals surface area contributed by atoms with Gasteiger partial charge >= 0.3 is 0 Å². The van der Waals surface area contributed by atoms with E-state index in [0.29, 0.717) is 24.5 Å². The van der Waals surface area contributed by atoms with Crippen molar-refractivity contribution in [3.05, 3.63) is 114 Å². The molecule has 28 heavy (non-hydrogen) atoms. The van der Waals surface area contributed by atoms with Crippen molar-refractivity contribution >= 4 is 16.7 Å². The van der Waals surface area contributed by atoms with E-state index in [1.807, 2.05) is 60.7 Å². The minimum absolute atomic E-state index is 0.113. The highest BCUT2D eigenvalue weighted by Crippen LogP contribution is 2.17. The topological polar surface area (TPSA) is 38.3 Å². The second-order valence-corrected chi connectivity index (χ2v) is 6.67. The molecule has 1 N–H and O–H groups in total. The van der Waals surface area contributed by atoms with Crippen molar-refractivity contribution in [2.45, 2.75) is 13.2 Å². The van der Waals surface area contributed by atoms with E-state index in [1.54, 1.807) is 12.1 Å². The minimum Gasteiger partial charge on any atom is -0.489 e. The maximum absolute atomic E-state index is 12.5. The summed E-state index contributed by atoms with van der Waals surface area (Å²) in [6.07, 6.45) is 0. The van der Waals surface area contributed by atoms with Gasteiger partial charge in [0, 0.05) is 12.1 Å². The predicted octanol–water partition coefficient (Wildman–Crippen LogP) is 5.35. The summed E-state index contributed by atoms with van der Waals surface area (Å²) in [6.45, 7) is 0.960. The quantitative estimate of drug-likeness (QED) is 0.499. The van der Waals surface area contributed by atoms with Gasteiger partial charge in [-0.1, -0.05) is 72.8 Å². The van der Waals surface area contributed by atoms with Gasteiger partial charge in [0.2, 0.25) is 0 Å². The van der Waals surface area contributed by atoms with Gasteiger partial charge in [-0.05, 0) is 46.2 Å². The van der Waals surface area contributed by atoms with E-state index in [-0.39, 0.29) is 5.91 Å². The first-order valence-corrected chi connectivity index (χ1v) is 9.31. The van der Waals surface area contributed by atoms with Crippen molar-refractivity contribution in [1.29, 1.82) is 0 Å². The summed E-state index contributed by atoms with van der Waals surface area (Å²) in [5.41, 5.74) is 2.75. The summed E-state index contributed by atoms with van der Waals surface area (Å²) in [6, 6.07) is 31.7. The van der Waals surface area contributed by atoms with Gasteiger partial charge in [-0.2, -0.15) is 0 Å². The molecule has 0 aliphatic carbocycles. The Kier molecular flexibility index (Phi) is 5.34. The molecule has 4 aromatic carbocycles. The van der Waals surface area contributed by atoms with Crippen molar-refractivity contribution in [3.63, 3.8) is 0 Å². The Labute approximate surface area is 164 Å². The van der Waals surface area contributed by atoms with E-state index in [9.17, 15) is 4.79 Å². The van der Waals surface area contributed by atoms with E-state index in [2.05, 4.69) is 29.6 Å². The van der Waals surface area contributed by atoms with E-state index in [0.717, 1.165) is 11.1 Å². The van der Waals surface area contributed by atoms with Crippen LogP contribution in [-0.4, -0.2) is 5.91 Å². The molecule has 0 aliphatic heterocycles. The van der Waals surface area contributed by atoms with E-state index in [1.165, 1.54) is 10.8 Å². The first-order chi connectivity index (χ1) is 13.8. The summed E-state index contributed by atoms with van der Waals surface area (Å²) < 4.78 is 5.81. The Morgan fingerprint density at radius 1 is 0.714 bits per heavy atom. The lowest BCUT2D eigenvalue weighted by molar-refractivity contribution is 0.0950. The zero-order chi connectivity index (χ0) is 19.2. The number of hydrogen-bond donors (Lipinski definition) is 1. The molecule has 1 amide bonds. The van der Waals surface area contributed by atoms with Crippen molar-refractivity contribution in [2.75, 3.05) is 0 Å². The fourth-order valence-electron chi connectivity index (χ4n) is 3.10. The summed E-state index contributed by atoms with van der Waals surface area (Å²) in [5, 5.41) is 5.35. The number of amides is 1. The summed E-state index contributed by atoms with van der Waals surface area (Å²) in [4.78, 5) is 12.5. The van der Waals surface area contributed by atoms with Gasteiger partial charge in [-0.15, -0.1) is 0 Å². The molecule has 0 heterocycles. The fraction of sp³-hybridized carbons (Fsp3) is 0.0800. The van der Waals surface area contributed by atoms with Crippen molar-refractivity contribution in [2.24, 2.45) is 0 Å². The molecule has 0 saturated carbocycles. The highest BCUT2D eigenvalue weighted by molar-refractivity contribution is 5.94. The Hall–Kier alpha value is -3.59. The highest BCUT2D eigenvalue weighted by atomic mass is 16.5. The Bertz CT molecular complexity index is 1090. The minimum atomic E-state index is -0.113. The molecule has 0 spiro atoms. The SMILES string of the molecule is O=C(NCc1ccc2ccccc2c1)c1cccc(OCc2ccccc2)c1. The number of fused-ring (bicyclic) bond motifs is 1. The summed E-state index contributed by atoms with van der Waals surface area (Å²) >= 11 is 0. The average Bonchev–Trinajstić information content (AvgIpc) is 2.77. The summed E-state index contributed by atoms with van der Waals surface area (Å²) in [5.74, 6) is 0.570. The Morgan fingerprint density at radius 3 is 2.36 bits per heavy atom. The molecule has 4 rings (SSSR count).